The van der Waals surface area contributed by atoms with E-state index in [2.05, 4.69) is 5.32 Å². The number of rotatable bonds is 5. The van der Waals surface area contributed by atoms with E-state index in [4.69, 9.17) is 9.84 Å². The molecule has 2 amide bonds. The molecule has 7 nitrogen and oxygen atoms in total. The van der Waals surface area contributed by atoms with Crippen molar-refractivity contribution in [2.45, 2.75) is 25.6 Å². The van der Waals surface area contributed by atoms with Gasteiger partial charge in [0, 0.05) is 13.0 Å². The fourth-order valence-electron chi connectivity index (χ4n) is 3.04. The van der Waals surface area contributed by atoms with E-state index in [0.717, 1.165) is 16.7 Å². The molecule has 0 saturated carbocycles. The van der Waals surface area contributed by atoms with E-state index in [0.29, 0.717) is 0 Å². The number of alkyl carbamates (subject to hydrolysis) is 1. The molecular formula is C20H20N2O5. The molecule has 1 aliphatic rings. The molecule has 0 bridgehead atoms. The average molecular weight is 368 g/mol. The molecule has 0 aliphatic carbocycles. The molecule has 0 spiro atoms. The topological polar surface area (TPSA) is 95.9 Å². The van der Waals surface area contributed by atoms with Crippen molar-refractivity contribution in [3.05, 3.63) is 71.3 Å². The predicted octanol–water partition coefficient (Wildman–Crippen LogP) is 1.95. The van der Waals surface area contributed by atoms with Crippen molar-refractivity contribution in [1.29, 1.82) is 0 Å². The molecule has 0 fully saturated rings. The quantitative estimate of drug-likeness (QED) is 0.841. The Morgan fingerprint density at radius 1 is 1.07 bits per heavy atom. The molecule has 1 atom stereocenters. The van der Waals surface area contributed by atoms with E-state index in [1.807, 2.05) is 54.6 Å². The number of aliphatic carboxylic acids is 1. The zero-order valence-electron chi connectivity index (χ0n) is 14.6. The van der Waals surface area contributed by atoms with Crippen molar-refractivity contribution in [2.24, 2.45) is 0 Å². The summed E-state index contributed by atoms with van der Waals surface area (Å²) in [5.41, 5.74) is 2.60. The van der Waals surface area contributed by atoms with Gasteiger partial charge in [-0.2, -0.15) is 0 Å². The summed E-state index contributed by atoms with van der Waals surface area (Å²) in [6, 6.07) is 15.7. The van der Waals surface area contributed by atoms with Gasteiger partial charge in [0.25, 0.3) is 0 Å². The van der Waals surface area contributed by atoms with Crippen LogP contribution in [0, 0.1) is 0 Å². The lowest BCUT2D eigenvalue weighted by atomic mass is 10.0. The van der Waals surface area contributed by atoms with Gasteiger partial charge in [0.15, 0.2) is 0 Å². The highest BCUT2D eigenvalue weighted by Gasteiger charge is 2.32. The minimum absolute atomic E-state index is 0.0863. The van der Waals surface area contributed by atoms with E-state index in [1.54, 1.807) is 0 Å². The van der Waals surface area contributed by atoms with Gasteiger partial charge in [0.2, 0.25) is 5.91 Å². The van der Waals surface area contributed by atoms with Gasteiger partial charge in [0.05, 0.1) is 0 Å². The number of ether oxygens (including phenoxy) is 1. The van der Waals surface area contributed by atoms with Crippen molar-refractivity contribution >= 4 is 18.0 Å². The van der Waals surface area contributed by atoms with Gasteiger partial charge in [0.1, 0.15) is 19.2 Å². The van der Waals surface area contributed by atoms with Crippen molar-refractivity contribution in [3.8, 4) is 0 Å². The smallest absolute Gasteiger partial charge is 0.408 e. The highest BCUT2D eigenvalue weighted by Crippen LogP contribution is 2.19. The first-order chi connectivity index (χ1) is 13.0. The molecule has 3 rings (SSSR count). The number of carboxylic acid groups (broad SMARTS) is 1. The highest BCUT2D eigenvalue weighted by molar-refractivity contribution is 5.89. The van der Waals surface area contributed by atoms with Crippen LogP contribution in [-0.4, -0.2) is 40.6 Å². The standard InChI is InChI=1S/C20H20N2O5/c23-18(24)12-22-11-16-9-5-4-8-15(16)10-17(19(22)25)21-20(26)27-13-14-6-2-1-3-7-14/h1-9,17H,10-13H2,(H,21,26)(H,23,24). The number of nitrogens with zero attached hydrogens (tertiary/aromatic N) is 1. The van der Waals surface area contributed by atoms with Gasteiger partial charge in [-0.3, -0.25) is 9.59 Å². The Hall–Kier alpha value is -3.35. The number of benzene rings is 2. The first kappa shape index (κ1) is 18.4. The third kappa shape index (κ3) is 4.84. The van der Waals surface area contributed by atoms with Crippen LogP contribution in [0.3, 0.4) is 0 Å². The van der Waals surface area contributed by atoms with Crippen LogP contribution in [0.15, 0.2) is 54.6 Å². The predicted molar refractivity (Wildman–Crippen MR) is 96.7 cm³/mol. The molecule has 27 heavy (non-hydrogen) atoms. The summed E-state index contributed by atoms with van der Waals surface area (Å²) in [7, 11) is 0. The largest absolute Gasteiger partial charge is 0.480 e. The Bertz CT molecular complexity index is 837. The number of fused-ring (bicyclic) bond motifs is 1. The maximum absolute atomic E-state index is 12.8. The Morgan fingerprint density at radius 2 is 1.74 bits per heavy atom. The normalized spacial score (nSPS) is 16.2. The fourth-order valence-corrected chi connectivity index (χ4v) is 3.04. The summed E-state index contributed by atoms with van der Waals surface area (Å²) in [5, 5.41) is 11.7. The zero-order chi connectivity index (χ0) is 19.2. The molecule has 1 heterocycles. The molecule has 1 unspecified atom stereocenters. The second-order valence-electron chi connectivity index (χ2n) is 6.32. The van der Waals surface area contributed by atoms with Gasteiger partial charge in [-0.15, -0.1) is 0 Å². The number of nitrogens with one attached hydrogen (secondary N) is 1. The first-order valence-corrected chi connectivity index (χ1v) is 8.57. The summed E-state index contributed by atoms with van der Waals surface area (Å²) < 4.78 is 5.19. The number of carbonyl (C=O) groups is 3. The van der Waals surface area contributed by atoms with Crippen LogP contribution in [0.1, 0.15) is 16.7 Å². The summed E-state index contributed by atoms with van der Waals surface area (Å²) in [4.78, 5) is 37.3. The maximum atomic E-state index is 12.8. The molecule has 0 radical (unpaired) electrons. The zero-order valence-corrected chi connectivity index (χ0v) is 14.6. The van der Waals surface area contributed by atoms with Crippen LogP contribution >= 0.6 is 0 Å². The first-order valence-electron chi connectivity index (χ1n) is 8.57. The minimum Gasteiger partial charge on any atom is -0.480 e. The Labute approximate surface area is 156 Å². The van der Waals surface area contributed by atoms with Crippen molar-refractivity contribution < 1.29 is 24.2 Å². The van der Waals surface area contributed by atoms with Crippen LogP contribution in [0.25, 0.3) is 0 Å². The molecule has 0 aromatic heterocycles. The van der Waals surface area contributed by atoms with E-state index in [-0.39, 0.29) is 19.6 Å². The summed E-state index contributed by atoms with van der Waals surface area (Å²) in [6.07, 6.45) is -0.433. The van der Waals surface area contributed by atoms with Crippen molar-refractivity contribution in [1.82, 2.24) is 10.2 Å². The minimum atomic E-state index is -1.10. The third-order valence-corrected chi connectivity index (χ3v) is 4.34. The van der Waals surface area contributed by atoms with Crippen molar-refractivity contribution in [2.75, 3.05) is 6.54 Å². The van der Waals surface area contributed by atoms with Gasteiger partial charge < -0.3 is 20.1 Å². The number of hydrogen-bond acceptors (Lipinski definition) is 4. The molecule has 140 valence electrons. The summed E-state index contributed by atoms with van der Waals surface area (Å²) in [6.45, 7) is -0.147. The lowest BCUT2D eigenvalue weighted by molar-refractivity contribution is -0.145. The fraction of sp³-hybridized carbons (Fsp3) is 0.250. The van der Waals surface area contributed by atoms with E-state index in [9.17, 15) is 14.4 Å². The second kappa shape index (κ2) is 8.35. The molecule has 1 aliphatic heterocycles. The Kier molecular flexibility index (Phi) is 5.71. The lowest BCUT2D eigenvalue weighted by Gasteiger charge is -2.23. The number of carbonyl (C=O) groups excluding carboxylic acids is 2. The van der Waals surface area contributed by atoms with Crippen LogP contribution in [0.5, 0.6) is 0 Å². The Morgan fingerprint density at radius 3 is 2.44 bits per heavy atom. The molecule has 2 aromatic carbocycles. The highest BCUT2D eigenvalue weighted by atomic mass is 16.5. The van der Waals surface area contributed by atoms with Crippen LogP contribution in [0.4, 0.5) is 4.79 Å². The molecule has 2 N–H and O–H groups in total. The Balaban J connectivity index is 1.71. The van der Waals surface area contributed by atoms with Gasteiger partial charge in [-0.05, 0) is 16.7 Å². The van der Waals surface area contributed by atoms with Crippen LogP contribution in [-0.2, 0) is 33.9 Å². The van der Waals surface area contributed by atoms with E-state index in [1.165, 1.54) is 4.90 Å². The summed E-state index contributed by atoms with van der Waals surface area (Å²) >= 11 is 0. The second-order valence-corrected chi connectivity index (χ2v) is 6.32. The van der Waals surface area contributed by atoms with Crippen LogP contribution < -0.4 is 5.32 Å². The molecular weight excluding hydrogens is 348 g/mol. The van der Waals surface area contributed by atoms with E-state index >= 15 is 0 Å². The molecule has 7 heteroatoms. The molecule has 0 saturated heterocycles. The average Bonchev–Trinajstić information content (AvgIpc) is 2.78. The third-order valence-electron chi connectivity index (χ3n) is 4.34. The SMILES string of the molecule is O=C(O)CN1Cc2ccccc2CC(NC(=O)OCc2ccccc2)C1=O. The van der Waals surface area contributed by atoms with E-state index < -0.39 is 30.6 Å². The van der Waals surface area contributed by atoms with Gasteiger partial charge in [-0.25, -0.2) is 4.79 Å². The number of carboxylic acids is 1. The molecule has 2 aromatic rings. The summed E-state index contributed by atoms with van der Waals surface area (Å²) in [5.74, 6) is -1.54. The number of hydrogen-bond donors (Lipinski definition) is 2. The monoisotopic (exact) mass is 368 g/mol. The number of amides is 2. The van der Waals surface area contributed by atoms with Crippen molar-refractivity contribution in [3.63, 3.8) is 0 Å². The van der Waals surface area contributed by atoms with Gasteiger partial charge >= 0.3 is 12.1 Å². The van der Waals surface area contributed by atoms with Gasteiger partial charge in [-0.1, -0.05) is 54.6 Å². The lowest BCUT2D eigenvalue weighted by Crippen LogP contribution is -2.49. The maximum Gasteiger partial charge on any atom is 0.408 e. The van der Waals surface area contributed by atoms with Crippen LogP contribution in [0.2, 0.25) is 0 Å².